The number of hydrogen-bond acceptors (Lipinski definition) is 1. The summed E-state index contributed by atoms with van der Waals surface area (Å²) in [5, 5.41) is 1.41. The molecule has 0 unspecified atom stereocenters. The topological polar surface area (TPSA) is 12.9 Å². The summed E-state index contributed by atoms with van der Waals surface area (Å²) < 4.78 is 1.56. The second-order valence-electron chi connectivity index (χ2n) is 9.47. The average molecular weight is 434 g/mol. The number of aromatic nitrogens is 1. The number of rotatable bonds is 5. The Morgan fingerprint density at radius 3 is 2.11 bits per heavy atom. The minimum absolute atomic E-state index is 0.958. The van der Waals surface area contributed by atoms with E-state index in [4.69, 9.17) is 4.98 Å². The first-order valence-electron chi connectivity index (χ1n) is 9.79. The SMILES string of the molecule is C[Si](C)(C)c1ccc(-c2cc[c]([Ge]([CH3])([CH3])[CH3])cc2Cc2ccccc2)nc1. The molecule has 140 valence electrons. The molecule has 0 fully saturated rings. The molecule has 0 amide bonds. The van der Waals surface area contributed by atoms with Crippen LogP contribution in [0.4, 0.5) is 0 Å². The Morgan fingerprint density at radius 2 is 1.56 bits per heavy atom. The quantitative estimate of drug-likeness (QED) is 0.489. The van der Waals surface area contributed by atoms with E-state index in [1.807, 2.05) is 0 Å². The molecule has 3 rings (SSSR count). The molecule has 0 aliphatic heterocycles. The van der Waals surface area contributed by atoms with Gasteiger partial charge in [0.2, 0.25) is 0 Å². The van der Waals surface area contributed by atoms with E-state index in [9.17, 15) is 0 Å². The third-order valence-corrected chi connectivity index (χ3v) is 11.4. The van der Waals surface area contributed by atoms with Crippen LogP contribution in [0.15, 0.2) is 66.9 Å². The summed E-state index contributed by atoms with van der Waals surface area (Å²) in [4.78, 5) is 4.86. The van der Waals surface area contributed by atoms with E-state index < -0.39 is 21.3 Å². The monoisotopic (exact) mass is 435 g/mol. The predicted molar refractivity (Wildman–Crippen MR) is 125 cm³/mol. The number of hydrogen-bond donors (Lipinski definition) is 0. The van der Waals surface area contributed by atoms with Gasteiger partial charge in [0.1, 0.15) is 0 Å². The van der Waals surface area contributed by atoms with Crippen LogP contribution in [0, 0.1) is 0 Å². The zero-order valence-corrected chi connectivity index (χ0v) is 20.6. The maximum atomic E-state index is 4.86. The van der Waals surface area contributed by atoms with E-state index in [0.717, 1.165) is 12.1 Å². The molecule has 0 aliphatic rings. The molecule has 0 radical (unpaired) electrons. The third kappa shape index (κ3) is 4.99. The summed E-state index contributed by atoms with van der Waals surface area (Å²) in [5.74, 6) is 7.38. The second-order valence-corrected chi connectivity index (χ2v) is 25.2. The standard InChI is InChI=1S/C24H31GeNSi/c1-25(2,3)21-12-14-23(20(17-21)16-19-10-8-7-9-11-19)24-15-13-22(18-26-24)27(4,5)6/h7-15,17-18H,16H2,1-6H3. The van der Waals surface area contributed by atoms with Gasteiger partial charge in [-0.05, 0) is 0 Å². The van der Waals surface area contributed by atoms with Gasteiger partial charge < -0.3 is 0 Å². The van der Waals surface area contributed by atoms with Crippen LogP contribution >= 0.6 is 0 Å². The molecule has 3 heteroatoms. The fraction of sp³-hybridized carbons (Fsp3) is 0.292. The second kappa shape index (κ2) is 7.76. The Morgan fingerprint density at radius 1 is 0.852 bits per heavy atom. The molecule has 2 aromatic carbocycles. The molecular formula is C24H31GeNSi. The van der Waals surface area contributed by atoms with Crippen LogP contribution in [-0.2, 0) is 6.42 Å². The van der Waals surface area contributed by atoms with Crippen LogP contribution in [0.2, 0.25) is 36.9 Å². The van der Waals surface area contributed by atoms with E-state index in [1.54, 1.807) is 4.40 Å². The molecule has 0 bridgehead atoms. The molecule has 0 aliphatic carbocycles. The summed E-state index contributed by atoms with van der Waals surface area (Å²) in [6.45, 7) is 7.11. The summed E-state index contributed by atoms with van der Waals surface area (Å²) in [6, 6.07) is 22.4. The molecule has 1 aromatic heterocycles. The van der Waals surface area contributed by atoms with Crippen molar-refractivity contribution in [1.82, 2.24) is 4.98 Å². The van der Waals surface area contributed by atoms with Crippen molar-refractivity contribution in [3.05, 3.63) is 78.0 Å². The molecule has 0 saturated heterocycles. The van der Waals surface area contributed by atoms with E-state index >= 15 is 0 Å². The van der Waals surface area contributed by atoms with Gasteiger partial charge in [-0.2, -0.15) is 0 Å². The van der Waals surface area contributed by atoms with Gasteiger partial charge in [0.25, 0.3) is 0 Å². The van der Waals surface area contributed by atoms with Crippen molar-refractivity contribution < 1.29 is 0 Å². The van der Waals surface area contributed by atoms with Gasteiger partial charge in [0.15, 0.2) is 0 Å². The molecule has 27 heavy (non-hydrogen) atoms. The van der Waals surface area contributed by atoms with Gasteiger partial charge in [-0.1, -0.05) is 0 Å². The van der Waals surface area contributed by atoms with Crippen molar-refractivity contribution in [2.24, 2.45) is 0 Å². The van der Waals surface area contributed by atoms with Crippen molar-refractivity contribution >= 4 is 30.9 Å². The number of pyridine rings is 1. The molecule has 0 spiro atoms. The van der Waals surface area contributed by atoms with Crippen molar-refractivity contribution in [3.63, 3.8) is 0 Å². The van der Waals surface area contributed by atoms with Crippen molar-refractivity contribution in [3.8, 4) is 11.3 Å². The third-order valence-electron chi connectivity index (χ3n) is 5.11. The Bertz CT molecular complexity index is 904. The molecule has 0 N–H and O–H groups in total. The molecule has 1 heterocycles. The molecule has 3 aromatic rings. The van der Waals surface area contributed by atoms with Gasteiger partial charge in [-0.15, -0.1) is 0 Å². The van der Waals surface area contributed by atoms with Crippen LogP contribution in [0.25, 0.3) is 11.3 Å². The minimum atomic E-state index is -1.88. The summed E-state index contributed by atoms with van der Waals surface area (Å²) >= 11 is -1.88. The van der Waals surface area contributed by atoms with E-state index in [-0.39, 0.29) is 0 Å². The Kier molecular flexibility index (Phi) is 5.78. The normalized spacial score (nSPS) is 12.2. The van der Waals surface area contributed by atoms with Crippen molar-refractivity contribution in [2.75, 3.05) is 0 Å². The summed E-state index contributed by atoms with van der Waals surface area (Å²) in [5.41, 5.74) is 5.12. The zero-order valence-electron chi connectivity index (χ0n) is 17.5. The zero-order chi connectivity index (χ0) is 19.7. The van der Waals surface area contributed by atoms with E-state index in [2.05, 4.69) is 104 Å². The van der Waals surface area contributed by atoms with Crippen molar-refractivity contribution in [1.29, 1.82) is 0 Å². The Hall–Kier alpha value is -1.65. The van der Waals surface area contributed by atoms with Gasteiger partial charge in [0, 0.05) is 0 Å². The average Bonchev–Trinajstić information content (AvgIpc) is 2.61. The van der Waals surface area contributed by atoms with E-state index in [1.165, 1.54) is 21.9 Å². The van der Waals surface area contributed by atoms with Gasteiger partial charge in [0.05, 0.1) is 0 Å². The molecule has 0 saturated carbocycles. The Balaban J connectivity index is 2.06. The first-order valence-corrected chi connectivity index (χ1v) is 20.6. The van der Waals surface area contributed by atoms with E-state index in [0.29, 0.717) is 0 Å². The Labute approximate surface area is 168 Å². The molecule has 0 atom stereocenters. The first kappa shape index (κ1) is 20.1. The fourth-order valence-corrected chi connectivity index (χ4v) is 6.80. The van der Waals surface area contributed by atoms with Crippen LogP contribution < -0.4 is 9.58 Å². The predicted octanol–water partition coefficient (Wildman–Crippen LogP) is 5.43. The van der Waals surface area contributed by atoms with Crippen molar-refractivity contribution in [2.45, 2.75) is 43.3 Å². The first-order chi connectivity index (χ1) is 12.6. The summed E-state index contributed by atoms with van der Waals surface area (Å²) in [6.07, 6.45) is 3.06. The molecule has 1 nitrogen and oxygen atoms in total. The van der Waals surface area contributed by atoms with Crippen LogP contribution in [-0.4, -0.2) is 26.3 Å². The van der Waals surface area contributed by atoms with Gasteiger partial charge in [-0.25, -0.2) is 0 Å². The van der Waals surface area contributed by atoms with Crippen LogP contribution in [0.3, 0.4) is 0 Å². The van der Waals surface area contributed by atoms with Gasteiger partial charge >= 0.3 is 168 Å². The number of benzene rings is 2. The van der Waals surface area contributed by atoms with Gasteiger partial charge in [-0.3, -0.25) is 0 Å². The summed E-state index contributed by atoms with van der Waals surface area (Å²) in [7, 11) is -1.32. The van der Waals surface area contributed by atoms with Crippen LogP contribution in [0.5, 0.6) is 0 Å². The maximum absolute atomic E-state index is 4.86. The fourth-order valence-electron chi connectivity index (χ4n) is 3.27. The van der Waals surface area contributed by atoms with Crippen LogP contribution in [0.1, 0.15) is 11.1 Å². The number of nitrogens with zero attached hydrogens (tertiary/aromatic N) is 1. The molecular weight excluding hydrogens is 403 g/mol.